The van der Waals surface area contributed by atoms with Crippen LogP contribution in [0.5, 0.6) is 0 Å². The number of rotatable bonds is 3. The first kappa shape index (κ1) is 17.2. The standard InChI is InChI=1S/C16H22BrFN2.ClH/c17-14-9-13(10-15(18)11-14)16(12-3-1-2-4-12)20-7-5-19-6-8-20;/h9-12,16,19H,1-8H2;1H/t16-;/m0./s1. The molecule has 1 atom stereocenters. The molecule has 1 heterocycles. The second-order valence-electron chi connectivity index (χ2n) is 5.98. The second kappa shape index (κ2) is 7.91. The van der Waals surface area contributed by atoms with E-state index >= 15 is 0 Å². The van der Waals surface area contributed by atoms with E-state index in [1.807, 2.05) is 0 Å². The summed E-state index contributed by atoms with van der Waals surface area (Å²) in [5.41, 5.74) is 1.14. The molecule has 1 N–H and O–H groups in total. The summed E-state index contributed by atoms with van der Waals surface area (Å²) in [4.78, 5) is 2.55. The van der Waals surface area contributed by atoms with Crippen molar-refractivity contribution in [3.63, 3.8) is 0 Å². The van der Waals surface area contributed by atoms with Gasteiger partial charge in [-0.15, -0.1) is 12.4 Å². The van der Waals surface area contributed by atoms with Crippen molar-refractivity contribution in [3.8, 4) is 0 Å². The molecule has 0 bridgehead atoms. The van der Waals surface area contributed by atoms with Crippen molar-refractivity contribution in [3.05, 3.63) is 34.1 Å². The lowest BCUT2D eigenvalue weighted by atomic mass is 9.89. The van der Waals surface area contributed by atoms with Crippen molar-refractivity contribution in [2.45, 2.75) is 31.7 Å². The average molecular weight is 378 g/mol. The summed E-state index contributed by atoms with van der Waals surface area (Å²) in [6.07, 6.45) is 5.21. The van der Waals surface area contributed by atoms with Gasteiger partial charge in [0.25, 0.3) is 0 Å². The monoisotopic (exact) mass is 376 g/mol. The number of hydrogen-bond donors (Lipinski definition) is 1. The number of nitrogens with one attached hydrogen (secondary N) is 1. The molecule has 1 aliphatic heterocycles. The fourth-order valence-corrected chi connectivity index (χ4v) is 4.24. The smallest absolute Gasteiger partial charge is 0.124 e. The topological polar surface area (TPSA) is 15.3 Å². The van der Waals surface area contributed by atoms with Crippen LogP contribution in [0.4, 0.5) is 4.39 Å². The van der Waals surface area contributed by atoms with Crippen LogP contribution in [0, 0.1) is 11.7 Å². The van der Waals surface area contributed by atoms with Crippen molar-refractivity contribution in [1.82, 2.24) is 10.2 Å². The third kappa shape index (κ3) is 4.19. The normalized spacial score (nSPS) is 22.0. The van der Waals surface area contributed by atoms with Gasteiger partial charge in [-0.25, -0.2) is 4.39 Å². The van der Waals surface area contributed by atoms with Gasteiger partial charge in [-0.2, -0.15) is 0 Å². The maximum atomic E-state index is 13.8. The van der Waals surface area contributed by atoms with Crippen molar-refractivity contribution in [2.75, 3.05) is 26.2 Å². The Kier molecular flexibility index (Phi) is 6.48. The molecule has 0 amide bonds. The largest absolute Gasteiger partial charge is 0.314 e. The third-order valence-corrected chi connectivity index (χ3v) is 5.08. The minimum Gasteiger partial charge on any atom is -0.314 e. The zero-order valence-electron chi connectivity index (χ0n) is 12.2. The highest BCUT2D eigenvalue weighted by atomic mass is 79.9. The first-order chi connectivity index (χ1) is 9.74. The Hall–Kier alpha value is -0.160. The predicted octanol–water partition coefficient (Wildman–Crippen LogP) is 4.15. The molecule has 2 fully saturated rings. The highest BCUT2D eigenvalue weighted by Crippen LogP contribution is 2.40. The molecule has 1 aromatic rings. The van der Waals surface area contributed by atoms with Gasteiger partial charge in [0.05, 0.1) is 0 Å². The fraction of sp³-hybridized carbons (Fsp3) is 0.625. The Bertz CT molecular complexity index is 439. The van der Waals surface area contributed by atoms with Crippen LogP contribution in [0.2, 0.25) is 0 Å². The van der Waals surface area contributed by atoms with Crippen LogP contribution in [0.1, 0.15) is 37.3 Å². The summed E-state index contributed by atoms with van der Waals surface area (Å²) >= 11 is 3.44. The molecule has 2 nitrogen and oxygen atoms in total. The zero-order chi connectivity index (χ0) is 13.9. The maximum absolute atomic E-state index is 13.8. The molecule has 118 valence electrons. The van der Waals surface area contributed by atoms with E-state index in [9.17, 15) is 4.39 Å². The highest BCUT2D eigenvalue weighted by molar-refractivity contribution is 9.10. The van der Waals surface area contributed by atoms with Gasteiger partial charge in [-0.05, 0) is 42.5 Å². The molecule has 3 rings (SSSR count). The van der Waals surface area contributed by atoms with E-state index in [-0.39, 0.29) is 18.2 Å². The van der Waals surface area contributed by atoms with E-state index in [2.05, 4.69) is 32.2 Å². The van der Waals surface area contributed by atoms with Crippen LogP contribution in [0.3, 0.4) is 0 Å². The molecular weight excluding hydrogens is 355 g/mol. The minimum atomic E-state index is -0.132. The van der Waals surface area contributed by atoms with E-state index in [1.54, 1.807) is 12.1 Å². The Balaban J connectivity index is 0.00000161. The van der Waals surface area contributed by atoms with Crippen LogP contribution < -0.4 is 5.32 Å². The summed E-state index contributed by atoms with van der Waals surface area (Å²) in [5, 5.41) is 3.41. The number of nitrogens with zero attached hydrogens (tertiary/aromatic N) is 1. The van der Waals surface area contributed by atoms with Gasteiger partial charge >= 0.3 is 0 Å². The molecule has 0 aromatic heterocycles. The average Bonchev–Trinajstić information content (AvgIpc) is 2.93. The Morgan fingerprint density at radius 2 is 1.81 bits per heavy atom. The molecule has 2 aliphatic rings. The molecular formula is C16H23BrClFN2. The van der Waals surface area contributed by atoms with Crippen LogP contribution in [0.25, 0.3) is 0 Å². The molecule has 1 aromatic carbocycles. The Morgan fingerprint density at radius 3 is 2.43 bits per heavy atom. The van der Waals surface area contributed by atoms with Gasteiger partial charge in [0.1, 0.15) is 5.82 Å². The van der Waals surface area contributed by atoms with Crippen LogP contribution >= 0.6 is 28.3 Å². The summed E-state index contributed by atoms with van der Waals surface area (Å²) in [7, 11) is 0. The van der Waals surface area contributed by atoms with E-state index in [1.165, 1.54) is 25.7 Å². The van der Waals surface area contributed by atoms with E-state index in [4.69, 9.17) is 0 Å². The van der Waals surface area contributed by atoms with Gasteiger partial charge in [0.2, 0.25) is 0 Å². The van der Waals surface area contributed by atoms with Gasteiger partial charge in [0.15, 0.2) is 0 Å². The molecule has 0 radical (unpaired) electrons. The van der Waals surface area contributed by atoms with Crippen molar-refractivity contribution >= 4 is 28.3 Å². The SMILES string of the molecule is Cl.Fc1cc(Br)cc([C@H](C2CCCC2)N2CCNCC2)c1. The number of hydrogen-bond acceptors (Lipinski definition) is 2. The van der Waals surface area contributed by atoms with Gasteiger partial charge in [-0.3, -0.25) is 4.90 Å². The second-order valence-corrected chi connectivity index (χ2v) is 6.89. The molecule has 0 unspecified atom stereocenters. The first-order valence-electron chi connectivity index (χ1n) is 7.65. The zero-order valence-corrected chi connectivity index (χ0v) is 14.6. The maximum Gasteiger partial charge on any atom is 0.124 e. The van der Waals surface area contributed by atoms with Crippen LogP contribution in [-0.4, -0.2) is 31.1 Å². The lowest BCUT2D eigenvalue weighted by molar-refractivity contribution is 0.125. The summed E-state index contributed by atoms with van der Waals surface area (Å²) < 4.78 is 14.6. The summed E-state index contributed by atoms with van der Waals surface area (Å²) in [6.45, 7) is 4.21. The number of benzene rings is 1. The van der Waals surface area contributed by atoms with Crippen molar-refractivity contribution < 1.29 is 4.39 Å². The van der Waals surface area contributed by atoms with Gasteiger partial charge in [0, 0.05) is 36.7 Å². The van der Waals surface area contributed by atoms with Gasteiger partial charge in [-0.1, -0.05) is 28.8 Å². The summed E-state index contributed by atoms with van der Waals surface area (Å²) in [6, 6.07) is 5.77. The summed E-state index contributed by atoms with van der Waals surface area (Å²) in [5.74, 6) is 0.550. The minimum absolute atomic E-state index is 0. The molecule has 0 spiro atoms. The van der Waals surface area contributed by atoms with E-state index < -0.39 is 0 Å². The lowest BCUT2D eigenvalue weighted by Crippen LogP contribution is -2.46. The van der Waals surface area contributed by atoms with Crippen LogP contribution in [0.15, 0.2) is 22.7 Å². The fourth-order valence-electron chi connectivity index (χ4n) is 3.76. The third-order valence-electron chi connectivity index (χ3n) is 4.62. The number of piperazine rings is 1. The molecule has 1 aliphatic carbocycles. The molecule has 1 saturated carbocycles. The predicted molar refractivity (Wildman–Crippen MR) is 90.5 cm³/mol. The van der Waals surface area contributed by atoms with Gasteiger partial charge < -0.3 is 5.32 Å². The Labute approximate surface area is 141 Å². The van der Waals surface area contributed by atoms with Crippen LogP contribution in [-0.2, 0) is 0 Å². The first-order valence-corrected chi connectivity index (χ1v) is 8.44. The van der Waals surface area contributed by atoms with E-state index in [0.29, 0.717) is 12.0 Å². The quantitative estimate of drug-likeness (QED) is 0.851. The van der Waals surface area contributed by atoms with Crippen molar-refractivity contribution in [2.24, 2.45) is 5.92 Å². The Morgan fingerprint density at radius 1 is 1.14 bits per heavy atom. The van der Waals surface area contributed by atoms with Crippen molar-refractivity contribution in [1.29, 1.82) is 0 Å². The molecule has 5 heteroatoms. The van der Waals surface area contributed by atoms with E-state index in [0.717, 1.165) is 36.2 Å². The number of halogens is 3. The molecule has 21 heavy (non-hydrogen) atoms. The lowest BCUT2D eigenvalue weighted by Gasteiger charge is -2.38. The highest BCUT2D eigenvalue weighted by Gasteiger charge is 2.32. The molecule has 1 saturated heterocycles.